The number of hydrogen-bond donors (Lipinski definition) is 1. The van der Waals surface area contributed by atoms with Gasteiger partial charge in [-0.1, -0.05) is 0 Å². The van der Waals surface area contributed by atoms with Gasteiger partial charge in [-0.2, -0.15) is 21.6 Å². The molecule has 1 aromatic rings. The van der Waals surface area contributed by atoms with E-state index in [4.69, 9.17) is 4.55 Å². The number of carbonyl (C=O) groups excluding carboxylic acids is 1. The zero-order chi connectivity index (χ0) is 18.7. The Kier molecular flexibility index (Phi) is 5.94. The summed E-state index contributed by atoms with van der Waals surface area (Å²) in [5.41, 5.74) is 0.715. The topological polar surface area (TPSA) is 83.9 Å². The Hall–Kier alpha value is -1.81. The minimum absolute atomic E-state index is 0.134. The molecule has 6 nitrogen and oxygen atoms in total. The van der Waals surface area contributed by atoms with E-state index in [1.165, 1.54) is 12.1 Å². The standard InChI is InChI=1S/C15H18F3NO5S/c16-15(17,18)13(10-25(21,22)23)24-14(20)11-4-6-12(7-5-11)19-8-2-1-3-9-19/h4-7,13H,1-3,8-10H2,(H,21,22,23). The number of alkyl halides is 3. The normalized spacial score (nSPS) is 17.2. The molecule has 1 saturated heterocycles. The molecule has 0 bridgehead atoms. The predicted octanol–water partition coefficient (Wildman–Crippen LogP) is 2.65. The quantitative estimate of drug-likeness (QED) is 0.624. The van der Waals surface area contributed by atoms with Crippen molar-refractivity contribution in [3.63, 3.8) is 0 Å². The largest absolute Gasteiger partial charge is 0.448 e. The van der Waals surface area contributed by atoms with Gasteiger partial charge in [0.2, 0.25) is 6.10 Å². The predicted molar refractivity (Wildman–Crippen MR) is 84.2 cm³/mol. The third-order valence-electron chi connectivity index (χ3n) is 3.80. The van der Waals surface area contributed by atoms with Crippen LogP contribution in [-0.2, 0) is 14.9 Å². The Morgan fingerprint density at radius 2 is 1.72 bits per heavy atom. The Bertz CT molecular complexity index is 697. The van der Waals surface area contributed by atoms with E-state index in [-0.39, 0.29) is 5.56 Å². The lowest BCUT2D eigenvalue weighted by molar-refractivity contribution is -0.197. The first-order valence-electron chi connectivity index (χ1n) is 7.64. The van der Waals surface area contributed by atoms with Crippen molar-refractivity contribution < 1.29 is 35.7 Å². The van der Waals surface area contributed by atoms with Gasteiger partial charge in [0.1, 0.15) is 5.75 Å². The summed E-state index contributed by atoms with van der Waals surface area (Å²) >= 11 is 0. The first-order chi connectivity index (χ1) is 11.6. The van der Waals surface area contributed by atoms with Crippen molar-refractivity contribution in [2.45, 2.75) is 31.5 Å². The van der Waals surface area contributed by atoms with Crippen molar-refractivity contribution in [3.05, 3.63) is 29.8 Å². The molecule has 0 amide bonds. The Morgan fingerprint density at radius 1 is 1.16 bits per heavy atom. The van der Waals surface area contributed by atoms with Gasteiger partial charge in [0.15, 0.2) is 0 Å². The van der Waals surface area contributed by atoms with Gasteiger partial charge in [-0.05, 0) is 43.5 Å². The van der Waals surface area contributed by atoms with Crippen molar-refractivity contribution >= 4 is 21.8 Å². The number of ether oxygens (including phenoxy) is 1. The van der Waals surface area contributed by atoms with E-state index in [0.29, 0.717) is 0 Å². The molecule has 1 aromatic carbocycles. The first kappa shape index (κ1) is 19.5. The molecule has 1 N–H and O–H groups in total. The van der Waals surface area contributed by atoms with Gasteiger partial charge in [0.05, 0.1) is 5.56 Å². The number of anilines is 1. The van der Waals surface area contributed by atoms with Gasteiger partial charge in [-0.3, -0.25) is 4.55 Å². The van der Waals surface area contributed by atoms with Crippen LogP contribution in [-0.4, -0.2) is 50.1 Å². The molecule has 0 radical (unpaired) electrons. The van der Waals surface area contributed by atoms with Crippen LogP contribution in [0.5, 0.6) is 0 Å². The molecule has 1 fully saturated rings. The van der Waals surface area contributed by atoms with Crippen LogP contribution in [0.2, 0.25) is 0 Å². The van der Waals surface area contributed by atoms with Crippen LogP contribution >= 0.6 is 0 Å². The molecule has 0 spiro atoms. The molecule has 1 aliphatic rings. The molecule has 1 atom stereocenters. The Labute approximate surface area is 143 Å². The average molecular weight is 381 g/mol. The Morgan fingerprint density at radius 3 is 2.20 bits per heavy atom. The van der Waals surface area contributed by atoms with Crippen molar-refractivity contribution in [2.24, 2.45) is 0 Å². The molecular weight excluding hydrogens is 363 g/mol. The van der Waals surface area contributed by atoms with Crippen LogP contribution in [0.15, 0.2) is 24.3 Å². The molecule has 0 aromatic heterocycles. The number of halogens is 3. The highest BCUT2D eigenvalue weighted by atomic mass is 32.2. The molecule has 10 heteroatoms. The number of rotatable bonds is 5. The summed E-state index contributed by atoms with van der Waals surface area (Å²) in [7, 11) is -4.96. The maximum atomic E-state index is 12.8. The fourth-order valence-corrected chi connectivity index (χ4v) is 3.18. The van der Waals surface area contributed by atoms with Crippen LogP contribution in [0, 0.1) is 0 Å². The van der Waals surface area contributed by atoms with Crippen LogP contribution in [0.3, 0.4) is 0 Å². The van der Waals surface area contributed by atoms with Crippen molar-refractivity contribution in [3.8, 4) is 0 Å². The monoisotopic (exact) mass is 381 g/mol. The second-order valence-corrected chi connectivity index (χ2v) is 7.28. The summed E-state index contributed by atoms with van der Waals surface area (Å²) in [6.45, 7) is 1.74. The zero-order valence-corrected chi connectivity index (χ0v) is 14.0. The molecule has 1 heterocycles. The number of carbonyl (C=O) groups is 1. The summed E-state index contributed by atoms with van der Waals surface area (Å²) in [5.74, 6) is -3.05. The lowest BCUT2D eigenvalue weighted by Crippen LogP contribution is -2.39. The van der Waals surface area contributed by atoms with E-state index < -0.39 is 34.1 Å². The third-order valence-corrected chi connectivity index (χ3v) is 4.52. The summed E-state index contributed by atoms with van der Waals surface area (Å²) in [6, 6.07) is 5.86. The maximum absolute atomic E-state index is 12.8. The minimum atomic E-state index is -5.11. The van der Waals surface area contributed by atoms with Crippen LogP contribution < -0.4 is 4.90 Å². The van der Waals surface area contributed by atoms with E-state index in [1.807, 2.05) is 0 Å². The van der Waals surface area contributed by atoms with Gasteiger partial charge >= 0.3 is 12.1 Å². The average Bonchev–Trinajstić information content (AvgIpc) is 2.53. The first-order valence-corrected chi connectivity index (χ1v) is 9.25. The third kappa shape index (κ3) is 5.89. The van der Waals surface area contributed by atoms with Gasteiger partial charge in [0.25, 0.3) is 10.1 Å². The van der Waals surface area contributed by atoms with E-state index >= 15 is 0 Å². The minimum Gasteiger partial charge on any atom is -0.448 e. The molecule has 1 aliphatic heterocycles. The lowest BCUT2D eigenvalue weighted by Gasteiger charge is -2.28. The molecule has 25 heavy (non-hydrogen) atoms. The lowest BCUT2D eigenvalue weighted by atomic mass is 10.1. The molecule has 1 unspecified atom stereocenters. The highest BCUT2D eigenvalue weighted by Crippen LogP contribution is 2.26. The van der Waals surface area contributed by atoms with E-state index in [0.717, 1.165) is 38.0 Å². The molecule has 0 aliphatic carbocycles. The van der Waals surface area contributed by atoms with Crippen LogP contribution in [0.25, 0.3) is 0 Å². The number of piperidine rings is 1. The summed E-state index contributed by atoms with van der Waals surface area (Å²) in [6.07, 6.45) is -4.80. The zero-order valence-electron chi connectivity index (χ0n) is 13.2. The van der Waals surface area contributed by atoms with Gasteiger partial charge < -0.3 is 9.64 Å². The summed E-state index contributed by atoms with van der Waals surface area (Å²) < 4.78 is 72.5. The van der Waals surface area contributed by atoms with Crippen LogP contribution in [0.4, 0.5) is 18.9 Å². The number of hydrogen-bond acceptors (Lipinski definition) is 5. The van der Waals surface area contributed by atoms with Crippen molar-refractivity contribution in [1.29, 1.82) is 0 Å². The van der Waals surface area contributed by atoms with Crippen molar-refractivity contribution in [2.75, 3.05) is 23.7 Å². The summed E-state index contributed by atoms with van der Waals surface area (Å²) in [5, 5.41) is 0. The molecule has 140 valence electrons. The van der Waals surface area contributed by atoms with E-state index in [9.17, 15) is 26.4 Å². The smallest absolute Gasteiger partial charge is 0.426 e. The van der Waals surface area contributed by atoms with Gasteiger partial charge in [-0.15, -0.1) is 0 Å². The highest BCUT2D eigenvalue weighted by Gasteiger charge is 2.45. The van der Waals surface area contributed by atoms with Crippen LogP contribution in [0.1, 0.15) is 29.6 Å². The SMILES string of the molecule is O=C(OC(CS(=O)(=O)O)C(F)(F)F)c1ccc(N2CCCCC2)cc1. The fraction of sp³-hybridized carbons (Fsp3) is 0.533. The van der Waals surface area contributed by atoms with E-state index in [2.05, 4.69) is 9.64 Å². The van der Waals surface area contributed by atoms with E-state index in [1.54, 1.807) is 12.1 Å². The van der Waals surface area contributed by atoms with Gasteiger partial charge in [0, 0.05) is 18.8 Å². The second-order valence-electron chi connectivity index (χ2n) is 5.78. The summed E-state index contributed by atoms with van der Waals surface area (Å²) in [4.78, 5) is 14.0. The van der Waals surface area contributed by atoms with Gasteiger partial charge in [-0.25, -0.2) is 4.79 Å². The number of benzene rings is 1. The number of esters is 1. The number of nitrogens with zero attached hydrogens (tertiary/aromatic N) is 1. The Balaban J connectivity index is 2.08. The molecule has 0 saturated carbocycles. The highest BCUT2D eigenvalue weighted by molar-refractivity contribution is 7.85. The fourth-order valence-electron chi connectivity index (χ4n) is 2.54. The molecule has 2 rings (SSSR count). The maximum Gasteiger partial charge on any atom is 0.426 e. The second kappa shape index (κ2) is 7.61. The molecular formula is C15H18F3NO5S. The van der Waals surface area contributed by atoms with Crippen molar-refractivity contribution in [1.82, 2.24) is 0 Å².